The van der Waals surface area contributed by atoms with Crippen LogP contribution < -0.4 is 5.32 Å². The van der Waals surface area contributed by atoms with Crippen LogP contribution in [0.25, 0.3) is 11.3 Å². The van der Waals surface area contributed by atoms with Crippen molar-refractivity contribution in [1.29, 1.82) is 0 Å². The van der Waals surface area contributed by atoms with Crippen LogP contribution in [0, 0.1) is 0 Å². The first-order valence-electron chi connectivity index (χ1n) is 7.13. The minimum atomic E-state index is 0.00139. The number of nitrogens with one attached hydrogen (secondary N) is 1. The third-order valence-electron chi connectivity index (χ3n) is 3.51. The maximum absolute atomic E-state index is 11.8. The van der Waals surface area contributed by atoms with Crippen LogP contribution >= 0.6 is 11.3 Å². The van der Waals surface area contributed by atoms with Crippen LogP contribution in [0.4, 0.5) is 0 Å². The van der Waals surface area contributed by atoms with E-state index in [1.165, 1.54) is 16.9 Å². The number of amides is 1. The van der Waals surface area contributed by atoms with Gasteiger partial charge in [0.05, 0.1) is 10.6 Å². The average molecular weight is 311 g/mol. The number of hydrogen-bond acceptors (Lipinski definition) is 3. The van der Waals surface area contributed by atoms with Crippen LogP contribution in [0.3, 0.4) is 0 Å². The molecule has 4 nitrogen and oxygen atoms in total. The van der Waals surface area contributed by atoms with Gasteiger partial charge in [0.25, 0.3) is 5.91 Å². The molecule has 0 fully saturated rings. The lowest BCUT2D eigenvalue weighted by atomic mass is 10.1. The fourth-order valence-electron chi connectivity index (χ4n) is 2.31. The average Bonchev–Trinajstić information content (AvgIpc) is 3.19. The van der Waals surface area contributed by atoms with Gasteiger partial charge < -0.3 is 5.32 Å². The third-order valence-corrected chi connectivity index (χ3v) is 4.38. The number of thiophene rings is 1. The van der Waals surface area contributed by atoms with E-state index in [1.54, 1.807) is 6.20 Å². The number of carbonyl (C=O) groups is 1. The molecule has 0 saturated heterocycles. The molecule has 3 rings (SSSR count). The summed E-state index contributed by atoms with van der Waals surface area (Å²) >= 11 is 1.46. The summed E-state index contributed by atoms with van der Waals surface area (Å²) in [5.41, 5.74) is 3.45. The zero-order valence-corrected chi connectivity index (χ0v) is 13.1. The maximum atomic E-state index is 11.8. The predicted molar refractivity (Wildman–Crippen MR) is 89.0 cm³/mol. The molecular formula is C17H17N3OS. The molecule has 0 unspecified atom stereocenters. The van der Waals surface area contributed by atoms with Crippen LogP contribution in [0.1, 0.15) is 15.2 Å². The Morgan fingerprint density at radius 3 is 2.68 bits per heavy atom. The number of nitrogens with zero attached hydrogens (tertiary/aromatic N) is 2. The van der Waals surface area contributed by atoms with Gasteiger partial charge in [0.1, 0.15) is 0 Å². The van der Waals surface area contributed by atoms with Gasteiger partial charge in [-0.25, -0.2) is 0 Å². The second-order valence-corrected chi connectivity index (χ2v) is 5.97. The molecule has 0 atom stereocenters. The summed E-state index contributed by atoms with van der Waals surface area (Å²) in [6.07, 6.45) is 2.62. The quantitative estimate of drug-likeness (QED) is 0.787. The van der Waals surface area contributed by atoms with E-state index in [0.717, 1.165) is 22.6 Å². The van der Waals surface area contributed by atoms with Gasteiger partial charge in [0.2, 0.25) is 0 Å². The van der Waals surface area contributed by atoms with Gasteiger partial charge in [-0.15, -0.1) is 11.3 Å². The van der Waals surface area contributed by atoms with Crippen LogP contribution in [-0.4, -0.2) is 22.2 Å². The van der Waals surface area contributed by atoms with Gasteiger partial charge in [0, 0.05) is 19.8 Å². The lowest BCUT2D eigenvalue weighted by Gasteiger charge is -2.06. The number of aryl methyl sites for hydroxylation is 1. The second-order valence-electron chi connectivity index (χ2n) is 5.02. The van der Waals surface area contributed by atoms with Gasteiger partial charge >= 0.3 is 0 Å². The van der Waals surface area contributed by atoms with E-state index in [-0.39, 0.29) is 5.91 Å². The summed E-state index contributed by atoms with van der Waals surface area (Å²) in [7, 11) is 1.93. The van der Waals surface area contributed by atoms with Crippen LogP contribution in [-0.2, 0) is 13.5 Å². The Balaban J connectivity index is 1.56. The van der Waals surface area contributed by atoms with Crippen LogP contribution in [0.5, 0.6) is 0 Å². The molecule has 0 aliphatic heterocycles. The molecule has 1 aromatic carbocycles. The van der Waals surface area contributed by atoms with Crippen molar-refractivity contribution < 1.29 is 4.79 Å². The molecule has 2 heterocycles. The highest BCUT2D eigenvalue weighted by atomic mass is 32.1. The highest BCUT2D eigenvalue weighted by Gasteiger charge is 2.06. The Morgan fingerprint density at radius 1 is 1.23 bits per heavy atom. The van der Waals surface area contributed by atoms with Crippen molar-refractivity contribution in [2.75, 3.05) is 6.54 Å². The topological polar surface area (TPSA) is 46.9 Å². The molecule has 0 bridgehead atoms. The number of carbonyl (C=O) groups excluding carboxylic acids is 1. The third kappa shape index (κ3) is 3.26. The van der Waals surface area contributed by atoms with E-state index in [0.29, 0.717) is 6.54 Å². The Kier molecular flexibility index (Phi) is 4.34. The summed E-state index contributed by atoms with van der Waals surface area (Å²) in [5, 5.41) is 9.03. The Bertz CT molecular complexity index is 745. The second kappa shape index (κ2) is 6.58. The molecular weight excluding hydrogens is 294 g/mol. The van der Waals surface area contributed by atoms with Crippen LogP contribution in [0.15, 0.2) is 54.0 Å². The van der Waals surface area contributed by atoms with E-state index in [1.807, 2.05) is 35.3 Å². The molecule has 2 aromatic heterocycles. The van der Waals surface area contributed by atoms with Gasteiger partial charge in [-0.05, 0) is 35.1 Å². The van der Waals surface area contributed by atoms with E-state index >= 15 is 0 Å². The van der Waals surface area contributed by atoms with E-state index in [4.69, 9.17) is 0 Å². The summed E-state index contributed by atoms with van der Waals surface area (Å²) in [5.74, 6) is 0.00139. The first kappa shape index (κ1) is 14.5. The van der Waals surface area contributed by atoms with Gasteiger partial charge in [0.15, 0.2) is 0 Å². The predicted octanol–water partition coefficient (Wildman–Crippen LogP) is 3.12. The SMILES string of the molecule is Cn1nccc1-c1ccc(CCNC(=O)c2cccs2)cc1. The molecule has 0 saturated carbocycles. The molecule has 0 aliphatic carbocycles. The molecule has 1 N–H and O–H groups in total. The van der Waals surface area contributed by atoms with Crippen molar-refractivity contribution in [1.82, 2.24) is 15.1 Å². The monoisotopic (exact) mass is 311 g/mol. The summed E-state index contributed by atoms with van der Waals surface area (Å²) < 4.78 is 1.86. The van der Waals surface area contributed by atoms with Crippen molar-refractivity contribution in [2.45, 2.75) is 6.42 Å². The van der Waals surface area contributed by atoms with E-state index < -0.39 is 0 Å². The molecule has 22 heavy (non-hydrogen) atoms. The van der Waals surface area contributed by atoms with Crippen molar-refractivity contribution in [3.05, 3.63) is 64.5 Å². The zero-order valence-electron chi connectivity index (χ0n) is 12.3. The number of hydrogen-bond donors (Lipinski definition) is 1. The molecule has 0 radical (unpaired) electrons. The van der Waals surface area contributed by atoms with Gasteiger partial charge in [-0.2, -0.15) is 5.10 Å². The molecule has 0 spiro atoms. The molecule has 1 amide bonds. The number of aromatic nitrogens is 2. The fourth-order valence-corrected chi connectivity index (χ4v) is 2.95. The highest BCUT2D eigenvalue weighted by Crippen LogP contribution is 2.18. The summed E-state index contributed by atoms with van der Waals surface area (Å²) in [6, 6.07) is 14.1. The van der Waals surface area contributed by atoms with Crippen molar-refractivity contribution in [2.24, 2.45) is 7.05 Å². The van der Waals surface area contributed by atoms with Crippen molar-refractivity contribution in [3.63, 3.8) is 0 Å². The Labute approximate surface area is 133 Å². The minimum absolute atomic E-state index is 0.00139. The Morgan fingerprint density at radius 2 is 2.05 bits per heavy atom. The first-order valence-corrected chi connectivity index (χ1v) is 8.01. The van der Waals surface area contributed by atoms with E-state index in [2.05, 4.69) is 34.7 Å². The lowest BCUT2D eigenvalue weighted by molar-refractivity contribution is 0.0958. The molecule has 0 aliphatic rings. The smallest absolute Gasteiger partial charge is 0.261 e. The fraction of sp³-hybridized carbons (Fsp3) is 0.176. The van der Waals surface area contributed by atoms with Crippen molar-refractivity contribution in [3.8, 4) is 11.3 Å². The highest BCUT2D eigenvalue weighted by molar-refractivity contribution is 7.12. The minimum Gasteiger partial charge on any atom is -0.351 e. The Hall–Kier alpha value is -2.40. The van der Waals surface area contributed by atoms with Crippen LogP contribution in [0.2, 0.25) is 0 Å². The summed E-state index contributed by atoms with van der Waals surface area (Å²) in [6.45, 7) is 0.641. The van der Waals surface area contributed by atoms with Gasteiger partial charge in [-0.1, -0.05) is 30.3 Å². The lowest BCUT2D eigenvalue weighted by Crippen LogP contribution is -2.24. The van der Waals surface area contributed by atoms with Gasteiger partial charge in [-0.3, -0.25) is 9.48 Å². The summed E-state index contributed by atoms with van der Waals surface area (Å²) in [4.78, 5) is 12.6. The standard InChI is InChI=1S/C17H17N3OS/c1-20-15(9-11-19-20)14-6-4-13(5-7-14)8-10-18-17(21)16-3-2-12-22-16/h2-7,9,11-12H,8,10H2,1H3,(H,18,21). The normalized spacial score (nSPS) is 10.6. The molecule has 3 aromatic rings. The molecule has 112 valence electrons. The number of rotatable bonds is 5. The van der Waals surface area contributed by atoms with Crippen molar-refractivity contribution >= 4 is 17.2 Å². The van der Waals surface area contributed by atoms with E-state index in [9.17, 15) is 4.79 Å². The zero-order chi connectivity index (χ0) is 15.4. The number of benzene rings is 1. The first-order chi connectivity index (χ1) is 10.7. The maximum Gasteiger partial charge on any atom is 0.261 e. The molecule has 5 heteroatoms. The largest absolute Gasteiger partial charge is 0.351 e.